The van der Waals surface area contributed by atoms with E-state index in [9.17, 15) is 18.8 Å². The number of halogens is 1. The van der Waals surface area contributed by atoms with Crippen LogP contribution in [0.15, 0.2) is 152 Å². The molecule has 0 saturated heterocycles. The Morgan fingerprint density at radius 1 is 0.562 bits per heavy atom. The molecule has 3 N–H and O–H groups in total. The zero-order valence-corrected chi connectivity index (χ0v) is 35.0. The summed E-state index contributed by atoms with van der Waals surface area (Å²) < 4.78 is 28.3. The molecule has 4 aromatic heterocycles. The van der Waals surface area contributed by atoms with Crippen molar-refractivity contribution in [3.05, 3.63) is 175 Å². The summed E-state index contributed by atoms with van der Waals surface area (Å²) in [6, 6.07) is 40.8. The van der Waals surface area contributed by atoms with Crippen LogP contribution in [0, 0.1) is 5.95 Å². The molecule has 0 aliphatic carbocycles. The number of anilines is 3. The Labute approximate surface area is 366 Å². The van der Waals surface area contributed by atoms with E-state index in [1.54, 1.807) is 109 Å². The first-order chi connectivity index (χ1) is 31.1. The fourth-order valence-corrected chi connectivity index (χ4v) is 7.03. The van der Waals surface area contributed by atoms with E-state index in [4.69, 9.17) is 14.5 Å². The first-order valence-corrected chi connectivity index (χ1v) is 19.9. The van der Waals surface area contributed by atoms with Crippen LogP contribution in [0.2, 0.25) is 0 Å². The fraction of sp³-hybridized carbons (Fsp3) is 0.0816. The number of fused-ring (bicyclic) bond motifs is 2. The number of hydrogen-bond acceptors (Lipinski definition) is 9. The molecule has 15 heteroatoms. The van der Waals surface area contributed by atoms with Crippen molar-refractivity contribution in [2.75, 3.05) is 30.2 Å². The summed E-state index contributed by atoms with van der Waals surface area (Å²) in [6.07, 6.45) is 3.06. The van der Waals surface area contributed by atoms with Gasteiger partial charge in [0.2, 0.25) is 5.95 Å². The number of methoxy groups -OCH3 is 2. The van der Waals surface area contributed by atoms with Crippen LogP contribution in [0.25, 0.3) is 44.8 Å². The van der Waals surface area contributed by atoms with Crippen LogP contribution in [0.3, 0.4) is 0 Å². The van der Waals surface area contributed by atoms with E-state index in [-0.39, 0.29) is 17.7 Å². The van der Waals surface area contributed by atoms with E-state index in [0.717, 1.165) is 22.1 Å². The summed E-state index contributed by atoms with van der Waals surface area (Å²) in [5.41, 5.74) is 6.95. The third-order valence-electron chi connectivity index (χ3n) is 10.3. The van der Waals surface area contributed by atoms with E-state index >= 15 is 0 Å². The van der Waals surface area contributed by atoms with Crippen LogP contribution in [-0.2, 0) is 14.1 Å². The molecule has 4 heterocycles. The van der Waals surface area contributed by atoms with Gasteiger partial charge in [0.25, 0.3) is 17.7 Å². The van der Waals surface area contributed by atoms with Gasteiger partial charge in [-0.05, 0) is 97.1 Å². The quantitative estimate of drug-likeness (QED) is 0.114. The standard InChI is InChI=1S/C29H25N5O4.C20H15FN4O/c1-34-23-16-19(31-28(35)20-8-4-6-10-24(20)37-2)13-14-22(23)32-27(34)18-12-15-26(30-17-18)33-29(36)21-9-5-7-11-25(21)38-3;1-25-17-12-14(23-20(26)13-6-3-2-4-7-13)9-10-16(17)24-19(25)15-8-5-11-22-18(15)21/h4-17H,1-3H3,(H,31,35)(H,30,33,36);2-12H,1H3,(H,23,26). The smallest absolute Gasteiger partial charge is 0.260 e. The van der Waals surface area contributed by atoms with Crippen molar-refractivity contribution < 1.29 is 28.2 Å². The zero-order valence-electron chi connectivity index (χ0n) is 35.0. The number of aryl methyl sites for hydroxylation is 2. The highest BCUT2D eigenvalue weighted by atomic mass is 19.1. The number of nitrogens with one attached hydrogen (secondary N) is 3. The zero-order chi connectivity index (χ0) is 44.7. The van der Waals surface area contributed by atoms with Gasteiger partial charge >= 0.3 is 0 Å². The summed E-state index contributed by atoms with van der Waals surface area (Å²) in [7, 11) is 6.76. The number of ether oxygens (including phenoxy) is 2. The molecule has 64 heavy (non-hydrogen) atoms. The minimum absolute atomic E-state index is 0.189. The molecule has 3 amide bonds. The maximum atomic E-state index is 14.0. The topological polar surface area (TPSA) is 167 Å². The van der Waals surface area contributed by atoms with E-state index in [1.165, 1.54) is 20.4 Å². The summed E-state index contributed by atoms with van der Waals surface area (Å²) >= 11 is 0. The van der Waals surface area contributed by atoms with Gasteiger partial charge in [-0.15, -0.1) is 0 Å². The van der Waals surface area contributed by atoms with Crippen molar-refractivity contribution in [3.63, 3.8) is 0 Å². The Morgan fingerprint density at radius 3 is 1.69 bits per heavy atom. The molecule has 0 aliphatic heterocycles. The van der Waals surface area contributed by atoms with Crippen molar-refractivity contribution in [3.8, 4) is 34.3 Å². The predicted octanol–water partition coefficient (Wildman–Crippen LogP) is 9.18. The number of benzene rings is 5. The number of hydrogen-bond donors (Lipinski definition) is 3. The third-order valence-corrected chi connectivity index (χ3v) is 10.3. The third kappa shape index (κ3) is 8.85. The van der Waals surface area contributed by atoms with Gasteiger partial charge in [-0.1, -0.05) is 42.5 Å². The van der Waals surface area contributed by atoms with Gasteiger partial charge in [0.15, 0.2) is 0 Å². The molecule has 9 rings (SSSR count). The molecule has 0 bridgehead atoms. The number of amides is 3. The molecule has 0 saturated carbocycles. The van der Waals surface area contributed by atoms with Gasteiger partial charge in [-0.2, -0.15) is 4.39 Å². The van der Waals surface area contributed by atoms with Gasteiger partial charge in [0, 0.05) is 49.0 Å². The summed E-state index contributed by atoms with van der Waals surface area (Å²) in [5.74, 6) is 1.25. The fourth-order valence-electron chi connectivity index (χ4n) is 7.03. The summed E-state index contributed by atoms with van der Waals surface area (Å²) in [4.78, 5) is 55.1. The SMILES string of the molecule is COc1ccccc1C(=O)Nc1ccc2nc(-c3ccc(NC(=O)c4ccccc4OC)nc3)n(C)c2c1.Cn1c(-c2cccnc2F)nc2ccc(NC(=O)c3ccccc3)cc21. The second kappa shape index (κ2) is 18.5. The van der Waals surface area contributed by atoms with Crippen molar-refractivity contribution in [1.29, 1.82) is 0 Å². The molecule has 0 aliphatic rings. The summed E-state index contributed by atoms with van der Waals surface area (Å²) in [6.45, 7) is 0. The first kappa shape index (κ1) is 42.0. The van der Waals surface area contributed by atoms with Gasteiger partial charge in [0.05, 0.1) is 53.0 Å². The van der Waals surface area contributed by atoms with E-state index in [0.29, 0.717) is 68.1 Å². The maximum absolute atomic E-state index is 14.0. The average Bonchev–Trinajstić information content (AvgIpc) is 3.84. The Balaban J connectivity index is 0.000000188. The van der Waals surface area contributed by atoms with E-state index in [2.05, 4.69) is 30.9 Å². The highest BCUT2D eigenvalue weighted by Crippen LogP contribution is 2.29. The highest BCUT2D eigenvalue weighted by molar-refractivity contribution is 6.07. The molecule has 0 spiro atoms. The van der Waals surface area contributed by atoms with Crippen molar-refractivity contribution >= 4 is 57.0 Å². The minimum atomic E-state index is -0.566. The second-order valence-corrected chi connectivity index (χ2v) is 14.3. The minimum Gasteiger partial charge on any atom is -0.496 e. The molecule has 0 fully saturated rings. The first-order valence-electron chi connectivity index (χ1n) is 19.9. The number of imidazole rings is 2. The van der Waals surface area contributed by atoms with Crippen molar-refractivity contribution in [1.82, 2.24) is 29.1 Å². The number of carbonyl (C=O) groups excluding carboxylic acids is 3. The second-order valence-electron chi connectivity index (χ2n) is 14.3. The van der Waals surface area contributed by atoms with Crippen LogP contribution in [0.4, 0.5) is 21.6 Å². The molecule has 5 aromatic carbocycles. The Hall–Kier alpha value is -8.72. The van der Waals surface area contributed by atoms with E-state index < -0.39 is 5.95 Å². The molecular formula is C49H40FN9O5. The van der Waals surface area contributed by atoms with Crippen LogP contribution in [0.1, 0.15) is 31.1 Å². The largest absolute Gasteiger partial charge is 0.496 e. The number of pyridine rings is 2. The van der Waals surface area contributed by atoms with Crippen molar-refractivity contribution in [2.24, 2.45) is 14.1 Å². The molecular weight excluding hydrogens is 814 g/mol. The van der Waals surface area contributed by atoms with Gasteiger partial charge in [-0.25, -0.2) is 19.9 Å². The number of rotatable bonds is 10. The number of para-hydroxylation sites is 2. The number of aromatic nitrogens is 6. The van der Waals surface area contributed by atoms with Gasteiger partial charge in [0.1, 0.15) is 29.0 Å². The monoisotopic (exact) mass is 853 g/mol. The van der Waals surface area contributed by atoms with Crippen LogP contribution in [0.5, 0.6) is 11.5 Å². The number of carbonyl (C=O) groups is 3. The van der Waals surface area contributed by atoms with Gasteiger partial charge < -0.3 is 34.6 Å². The maximum Gasteiger partial charge on any atom is 0.260 e. The lowest BCUT2D eigenvalue weighted by molar-refractivity contribution is 0.101. The van der Waals surface area contributed by atoms with E-state index in [1.807, 2.05) is 60.1 Å². The lowest BCUT2D eigenvalue weighted by Gasteiger charge is -2.10. The predicted molar refractivity (Wildman–Crippen MR) is 244 cm³/mol. The lowest BCUT2D eigenvalue weighted by Crippen LogP contribution is -2.14. The molecule has 0 radical (unpaired) electrons. The average molecular weight is 854 g/mol. The molecule has 0 atom stereocenters. The molecule has 9 aromatic rings. The molecule has 318 valence electrons. The molecule has 14 nitrogen and oxygen atoms in total. The Morgan fingerprint density at radius 2 is 1.11 bits per heavy atom. The number of nitrogens with zero attached hydrogens (tertiary/aromatic N) is 6. The molecule has 0 unspecified atom stereocenters. The van der Waals surface area contributed by atoms with Crippen LogP contribution >= 0.6 is 0 Å². The normalized spacial score (nSPS) is 10.8. The van der Waals surface area contributed by atoms with Crippen LogP contribution < -0.4 is 25.4 Å². The Kier molecular flexibility index (Phi) is 12.1. The Bertz CT molecular complexity index is 3170. The highest BCUT2D eigenvalue weighted by Gasteiger charge is 2.18. The van der Waals surface area contributed by atoms with Crippen molar-refractivity contribution in [2.45, 2.75) is 0 Å². The van der Waals surface area contributed by atoms with Gasteiger partial charge in [-0.3, -0.25) is 14.4 Å². The summed E-state index contributed by atoms with van der Waals surface area (Å²) in [5, 5.41) is 8.59. The van der Waals surface area contributed by atoms with Crippen LogP contribution in [-0.4, -0.2) is 61.0 Å². The lowest BCUT2D eigenvalue weighted by atomic mass is 10.2.